The summed E-state index contributed by atoms with van der Waals surface area (Å²) in [5, 5.41) is 7.71. The summed E-state index contributed by atoms with van der Waals surface area (Å²) >= 11 is 0. The first kappa shape index (κ1) is 14.4. The van der Waals surface area contributed by atoms with Crippen LogP contribution in [0.15, 0.2) is 61.1 Å². The van der Waals surface area contributed by atoms with Gasteiger partial charge in [-0.05, 0) is 29.8 Å². The van der Waals surface area contributed by atoms with Crippen molar-refractivity contribution in [3.63, 3.8) is 0 Å². The molecule has 0 radical (unpaired) electrons. The van der Waals surface area contributed by atoms with Gasteiger partial charge in [0.05, 0.1) is 11.3 Å². The fourth-order valence-electron chi connectivity index (χ4n) is 3.03. The minimum absolute atomic E-state index is 0.000553. The Morgan fingerprint density at radius 3 is 2.75 bits per heavy atom. The number of hydrogen-bond donors (Lipinski definition) is 1. The van der Waals surface area contributed by atoms with Crippen molar-refractivity contribution in [2.75, 3.05) is 5.32 Å². The van der Waals surface area contributed by atoms with Gasteiger partial charge >= 0.3 is 0 Å². The fourth-order valence-corrected chi connectivity index (χ4v) is 3.03. The molecule has 1 atom stereocenters. The van der Waals surface area contributed by atoms with E-state index in [1.54, 1.807) is 23.3 Å². The van der Waals surface area contributed by atoms with E-state index in [9.17, 15) is 4.79 Å². The van der Waals surface area contributed by atoms with Crippen LogP contribution in [0.3, 0.4) is 0 Å². The molecule has 0 saturated carbocycles. The first-order valence-electron chi connectivity index (χ1n) is 7.77. The number of benzene rings is 1. The predicted molar refractivity (Wildman–Crippen MR) is 90.1 cm³/mol. The number of rotatable bonds is 3. The number of amides is 1. The normalized spacial score (nSPS) is 16.6. The molecule has 6 nitrogen and oxygen atoms in total. The Hall–Kier alpha value is -3.15. The van der Waals surface area contributed by atoms with Crippen LogP contribution in [0.5, 0.6) is 0 Å². The number of pyridine rings is 1. The second-order valence-corrected chi connectivity index (χ2v) is 5.77. The van der Waals surface area contributed by atoms with Crippen LogP contribution >= 0.6 is 0 Å². The summed E-state index contributed by atoms with van der Waals surface area (Å²) in [6, 6.07) is 13.4. The van der Waals surface area contributed by atoms with Gasteiger partial charge in [0.25, 0.3) is 5.91 Å². The third kappa shape index (κ3) is 2.42. The highest BCUT2D eigenvalue weighted by molar-refractivity contribution is 6.01. The predicted octanol–water partition coefficient (Wildman–Crippen LogP) is 2.58. The molecule has 0 saturated heterocycles. The topological polar surface area (TPSA) is 63.1 Å². The SMILES string of the molecule is Cn1nccc1[C@H]1Nc2ccccc2C(=O)N1Cc1cccnc1. The van der Waals surface area contributed by atoms with Crippen LogP contribution in [0.2, 0.25) is 0 Å². The maximum atomic E-state index is 13.1. The van der Waals surface area contributed by atoms with Crippen LogP contribution in [0.25, 0.3) is 0 Å². The lowest BCUT2D eigenvalue weighted by molar-refractivity contribution is 0.0659. The molecule has 1 N–H and O–H groups in total. The summed E-state index contributed by atoms with van der Waals surface area (Å²) in [6.45, 7) is 0.476. The summed E-state index contributed by atoms with van der Waals surface area (Å²) in [4.78, 5) is 19.0. The van der Waals surface area contributed by atoms with Gasteiger partial charge in [-0.25, -0.2) is 0 Å². The van der Waals surface area contributed by atoms with Crippen LogP contribution in [0, 0.1) is 0 Å². The van der Waals surface area contributed by atoms with Crippen molar-refractivity contribution in [3.8, 4) is 0 Å². The minimum atomic E-state index is -0.278. The highest BCUT2D eigenvalue weighted by Gasteiger charge is 2.34. The summed E-state index contributed by atoms with van der Waals surface area (Å²) in [5.74, 6) is -0.000553. The van der Waals surface area contributed by atoms with Gasteiger partial charge in [-0.3, -0.25) is 14.5 Å². The van der Waals surface area contributed by atoms with E-state index in [2.05, 4.69) is 15.4 Å². The van der Waals surface area contributed by atoms with Gasteiger partial charge in [-0.15, -0.1) is 0 Å². The van der Waals surface area contributed by atoms with Gasteiger partial charge in [0, 0.05) is 37.9 Å². The van der Waals surface area contributed by atoms with Crippen molar-refractivity contribution in [1.82, 2.24) is 19.7 Å². The van der Waals surface area contributed by atoms with Crippen molar-refractivity contribution in [2.24, 2.45) is 7.05 Å². The van der Waals surface area contributed by atoms with E-state index in [1.165, 1.54) is 0 Å². The zero-order valence-electron chi connectivity index (χ0n) is 13.3. The lowest BCUT2D eigenvalue weighted by Crippen LogP contribution is -2.43. The second kappa shape index (κ2) is 5.81. The standard InChI is InChI=1S/C18H17N5O/c1-22-16(8-10-20-22)17-21-15-7-3-2-6-14(15)18(24)23(17)12-13-5-4-9-19-11-13/h2-11,17,21H,12H2,1H3/t17-/m0/s1. The molecule has 3 heterocycles. The third-order valence-corrected chi connectivity index (χ3v) is 4.24. The number of nitrogens with one attached hydrogen (secondary N) is 1. The monoisotopic (exact) mass is 319 g/mol. The highest BCUT2D eigenvalue weighted by Crippen LogP contribution is 2.33. The Labute approximate surface area is 139 Å². The average Bonchev–Trinajstić information content (AvgIpc) is 3.04. The number of carbonyl (C=O) groups is 1. The summed E-state index contributed by atoms with van der Waals surface area (Å²) < 4.78 is 1.79. The largest absolute Gasteiger partial charge is 0.359 e. The molecule has 3 aromatic rings. The molecule has 1 aliphatic rings. The number of para-hydroxylation sites is 1. The lowest BCUT2D eigenvalue weighted by Gasteiger charge is -2.37. The van der Waals surface area contributed by atoms with E-state index >= 15 is 0 Å². The fraction of sp³-hybridized carbons (Fsp3) is 0.167. The number of aryl methyl sites for hydroxylation is 1. The van der Waals surface area contributed by atoms with Gasteiger partial charge in [0.15, 0.2) is 0 Å². The van der Waals surface area contributed by atoms with E-state index in [0.29, 0.717) is 12.1 Å². The molecule has 4 rings (SSSR count). The van der Waals surface area contributed by atoms with Crippen molar-refractivity contribution >= 4 is 11.6 Å². The van der Waals surface area contributed by atoms with Gasteiger partial charge in [-0.1, -0.05) is 18.2 Å². The molecule has 0 bridgehead atoms. The van der Waals surface area contributed by atoms with Crippen molar-refractivity contribution in [1.29, 1.82) is 0 Å². The Morgan fingerprint density at radius 2 is 2.00 bits per heavy atom. The third-order valence-electron chi connectivity index (χ3n) is 4.24. The second-order valence-electron chi connectivity index (χ2n) is 5.77. The number of nitrogens with zero attached hydrogens (tertiary/aromatic N) is 4. The average molecular weight is 319 g/mol. The number of anilines is 1. The Morgan fingerprint density at radius 1 is 1.12 bits per heavy atom. The molecule has 0 unspecified atom stereocenters. The quantitative estimate of drug-likeness (QED) is 0.806. The number of carbonyl (C=O) groups excluding carboxylic acids is 1. The summed E-state index contributed by atoms with van der Waals surface area (Å²) in [5.41, 5.74) is 3.44. The molecular weight excluding hydrogens is 302 g/mol. The van der Waals surface area contributed by atoms with Crippen molar-refractivity contribution < 1.29 is 4.79 Å². The highest BCUT2D eigenvalue weighted by atomic mass is 16.2. The van der Waals surface area contributed by atoms with Gasteiger partial charge in [-0.2, -0.15) is 5.10 Å². The van der Waals surface area contributed by atoms with Crippen LogP contribution < -0.4 is 5.32 Å². The first-order valence-corrected chi connectivity index (χ1v) is 7.77. The Balaban J connectivity index is 1.77. The zero-order chi connectivity index (χ0) is 16.5. The van der Waals surface area contributed by atoms with Crippen LogP contribution in [0.4, 0.5) is 5.69 Å². The smallest absolute Gasteiger partial charge is 0.258 e. The Bertz CT molecular complexity index is 874. The maximum absolute atomic E-state index is 13.1. The van der Waals surface area contributed by atoms with Crippen molar-refractivity contribution in [2.45, 2.75) is 12.7 Å². The number of hydrogen-bond acceptors (Lipinski definition) is 4. The molecular formula is C18H17N5O. The molecule has 1 aliphatic heterocycles. The van der Waals surface area contributed by atoms with Crippen molar-refractivity contribution in [3.05, 3.63) is 77.9 Å². The molecule has 0 aliphatic carbocycles. The van der Waals surface area contributed by atoms with Gasteiger partial charge in [0.1, 0.15) is 6.17 Å². The molecule has 2 aromatic heterocycles. The number of aromatic nitrogens is 3. The molecule has 0 fully saturated rings. The van der Waals surface area contributed by atoms with E-state index in [0.717, 1.165) is 16.9 Å². The lowest BCUT2D eigenvalue weighted by atomic mass is 10.1. The van der Waals surface area contributed by atoms with Crippen LogP contribution in [0.1, 0.15) is 27.8 Å². The molecule has 6 heteroatoms. The summed E-state index contributed by atoms with van der Waals surface area (Å²) in [6.07, 6.45) is 4.98. The molecule has 24 heavy (non-hydrogen) atoms. The van der Waals surface area contributed by atoms with E-state index in [4.69, 9.17) is 0 Å². The van der Waals surface area contributed by atoms with Crippen LogP contribution in [-0.2, 0) is 13.6 Å². The molecule has 1 amide bonds. The van der Waals surface area contributed by atoms with Gasteiger partial charge < -0.3 is 10.2 Å². The van der Waals surface area contributed by atoms with E-state index < -0.39 is 0 Å². The summed E-state index contributed by atoms with van der Waals surface area (Å²) in [7, 11) is 1.88. The first-order chi connectivity index (χ1) is 11.7. The zero-order valence-corrected chi connectivity index (χ0v) is 13.3. The van der Waals surface area contributed by atoms with E-state index in [1.807, 2.05) is 54.4 Å². The molecule has 120 valence electrons. The minimum Gasteiger partial charge on any atom is -0.359 e. The van der Waals surface area contributed by atoms with Gasteiger partial charge in [0.2, 0.25) is 0 Å². The molecule has 0 spiro atoms. The Kier molecular flexibility index (Phi) is 3.49. The maximum Gasteiger partial charge on any atom is 0.258 e. The number of fused-ring (bicyclic) bond motifs is 1. The van der Waals surface area contributed by atoms with Crippen LogP contribution in [-0.4, -0.2) is 25.6 Å². The molecule has 1 aromatic carbocycles. The van der Waals surface area contributed by atoms with E-state index in [-0.39, 0.29) is 12.1 Å².